The van der Waals surface area contributed by atoms with Gasteiger partial charge in [-0.25, -0.2) is 15.0 Å². The standard InChI is InChI=1S/C34H35BrN4O7/c1-5-7-24-16-23(10-14-27(24)45-19-22-8-12-26(35)13-9-22)18-36-39-30(40)20-46-28-15-11-25(17-29(28)43-4)32-31(33(41)44-6-2)21(3)37-34(42)38-32/h5,8-18,32H,1,6-7,19-20H2,2-4H3,(H,39,40)(H2,37,38,42)/b36-18-/t32-/m1/s1. The second kappa shape index (κ2) is 16.3. The van der Waals surface area contributed by atoms with Crippen LogP contribution in [-0.2, 0) is 27.4 Å². The minimum absolute atomic E-state index is 0.184. The van der Waals surface area contributed by atoms with E-state index >= 15 is 0 Å². The molecule has 1 aliphatic rings. The summed E-state index contributed by atoms with van der Waals surface area (Å²) in [5.74, 6) is 0.295. The summed E-state index contributed by atoms with van der Waals surface area (Å²) in [6.45, 7) is 7.44. The van der Waals surface area contributed by atoms with Crippen LogP contribution in [0, 0.1) is 0 Å². The number of esters is 1. The molecule has 0 fully saturated rings. The van der Waals surface area contributed by atoms with Crippen molar-refractivity contribution < 1.29 is 33.3 Å². The summed E-state index contributed by atoms with van der Waals surface area (Å²) < 4.78 is 23.4. The minimum Gasteiger partial charge on any atom is -0.493 e. The number of ether oxygens (including phenoxy) is 4. The molecule has 0 aromatic heterocycles. The molecule has 0 aliphatic carbocycles. The molecule has 0 unspecified atom stereocenters. The van der Waals surface area contributed by atoms with E-state index in [4.69, 9.17) is 18.9 Å². The summed E-state index contributed by atoms with van der Waals surface area (Å²) in [7, 11) is 1.45. The molecular formula is C34H35BrN4O7. The predicted octanol–water partition coefficient (Wildman–Crippen LogP) is 5.49. The van der Waals surface area contributed by atoms with Crippen molar-refractivity contribution in [2.75, 3.05) is 20.3 Å². The third-order valence-corrected chi connectivity index (χ3v) is 7.33. The fraction of sp³-hybridized carbons (Fsp3) is 0.235. The maximum Gasteiger partial charge on any atom is 0.338 e. The molecule has 0 saturated heterocycles. The number of nitrogens with zero attached hydrogens (tertiary/aromatic N) is 1. The van der Waals surface area contributed by atoms with Gasteiger partial charge in [-0.3, -0.25) is 4.79 Å². The van der Waals surface area contributed by atoms with Crippen molar-refractivity contribution in [2.45, 2.75) is 32.9 Å². The Balaban J connectivity index is 1.36. The first-order chi connectivity index (χ1) is 22.2. The van der Waals surface area contributed by atoms with Crippen molar-refractivity contribution in [3.63, 3.8) is 0 Å². The Morgan fingerprint density at radius 2 is 1.80 bits per heavy atom. The number of nitrogens with one attached hydrogen (secondary N) is 3. The summed E-state index contributed by atoms with van der Waals surface area (Å²) in [5.41, 5.74) is 6.43. The molecule has 3 N–H and O–H groups in total. The fourth-order valence-electron chi connectivity index (χ4n) is 4.64. The van der Waals surface area contributed by atoms with E-state index in [2.05, 4.69) is 43.7 Å². The molecule has 4 rings (SSSR count). The highest BCUT2D eigenvalue weighted by Crippen LogP contribution is 2.34. The zero-order chi connectivity index (χ0) is 33.1. The van der Waals surface area contributed by atoms with Gasteiger partial charge in [0.1, 0.15) is 12.4 Å². The summed E-state index contributed by atoms with van der Waals surface area (Å²) in [6.07, 6.45) is 3.92. The lowest BCUT2D eigenvalue weighted by molar-refractivity contribution is -0.139. The zero-order valence-electron chi connectivity index (χ0n) is 25.7. The van der Waals surface area contributed by atoms with Crippen LogP contribution in [0.4, 0.5) is 4.79 Å². The molecule has 1 heterocycles. The lowest BCUT2D eigenvalue weighted by atomic mass is 9.95. The summed E-state index contributed by atoms with van der Waals surface area (Å²) in [6, 6.07) is 17.2. The Morgan fingerprint density at radius 3 is 2.52 bits per heavy atom. The number of allylic oxidation sites excluding steroid dienone is 2. The van der Waals surface area contributed by atoms with Crippen LogP contribution in [-0.4, -0.2) is 44.4 Å². The van der Waals surface area contributed by atoms with Gasteiger partial charge in [-0.05, 0) is 85.0 Å². The molecule has 1 aliphatic heterocycles. The second-order valence-electron chi connectivity index (χ2n) is 10.1. The van der Waals surface area contributed by atoms with Crippen molar-refractivity contribution in [1.29, 1.82) is 0 Å². The van der Waals surface area contributed by atoms with Gasteiger partial charge in [0.2, 0.25) is 0 Å². The number of rotatable bonds is 14. The normalized spacial score (nSPS) is 14.3. The van der Waals surface area contributed by atoms with Gasteiger partial charge in [0.05, 0.1) is 31.5 Å². The van der Waals surface area contributed by atoms with Crippen LogP contribution < -0.4 is 30.3 Å². The van der Waals surface area contributed by atoms with Crippen LogP contribution in [0.25, 0.3) is 0 Å². The van der Waals surface area contributed by atoms with E-state index in [1.165, 1.54) is 13.3 Å². The molecule has 46 heavy (non-hydrogen) atoms. The van der Waals surface area contributed by atoms with Gasteiger partial charge in [-0.1, -0.05) is 40.2 Å². The SMILES string of the molecule is C=CCc1cc(/C=N\NC(=O)COc2ccc([C@H]3NC(=O)NC(C)=C3C(=O)OCC)cc2OC)ccc1OCc1ccc(Br)cc1. The number of halogens is 1. The highest BCUT2D eigenvalue weighted by Gasteiger charge is 2.32. The zero-order valence-corrected chi connectivity index (χ0v) is 27.3. The third-order valence-electron chi connectivity index (χ3n) is 6.80. The fourth-order valence-corrected chi connectivity index (χ4v) is 4.90. The molecule has 3 aromatic carbocycles. The maximum absolute atomic E-state index is 12.6. The first-order valence-corrected chi connectivity index (χ1v) is 15.2. The molecule has 12 heteroatoms. The van der Waals surface area contributed by atoms with E-state index < -0.39 is 23.9 Å². The number of hydrazone groups is 1. The van der Waals surface area contributed by atoms with E-state index in [1.807, 2.05) is 42.5 Å². The van der Waals surface area contributed by atoms with E-state index in [9.17, 15) is 14.4 Å². The largest absolute Gasteiger partial charge is 0.493 e. The number of urea groups is 1. The van der Waals surface area contributed by atoms with E-state index in [0.29, 0.717) is 30.0 Å². The van der Waals surface area contributed by atoms with Crippen LogP contribution in [0.1, 0.15) is 42.1 Å². The van der Waals surface area contributed by atoms with Crippen molar-refractivity contribution >= 4 is 40.1 Å². The second-order valence-corrected chi connectivity index (χ2v) is 11.0. The van der Waals surface area contributed by atoms with Crippen molar-refractivity contribution in [1.82, 2.24) is 16.1 Å². The van der Waals surface area contributed by atoms with Crippen LogP contribution >= 0.6 is 15.9 Å². The van der Waals surface area contributed by atoms with E-state index in [0.717, 1.165) is 26.9 Å². The Kier molecular flexibility index (Phi) is 12.0. The van der Waals surface area contributed by atoms with Gasteiger partial charge < -0.3 is 29.6 Å². The Bertz CT molecular complexity index is 1650. The maximum atomic E-state index is 12.6. The van der Waals surface area contributed by atoms with Crippen molar-refractivity contribution in [2.24, 2.45) is 5.10 Å². The van der Waals surface area contributed by atoms with Gasteiger partial charge in [0.25, 0.3) is 5.91 Å². The highest BCUT2D eigenvalue weighted by molar-refractivity contribution is 9.10. The average Bonchev–Trinajstić information content (AvgIpc) is 3.04. The van der Waals surface area contributed by atoms with Crippen LogP contribution in [0.5, 0.6) is 17.2 Å². The van der Waals surface area contributed by atoms with Gasteiger partial charge >= 0.3 is 12.0 Å². The lowest BCUT2D eigenvalue weighted by Crippen LogP contribution is -2.45. The van der Waals surface area contributed by atoms with Gasteiger partial charge in [0, 0.05) is 10.2 Å². The highest BCUT2D eigenvalue weighted by atomic mass is 79.9. The van der Waals surface area contributed by atoms with Gasteiger partial charge in [-0.2, -0.15) is 5.10 Å². The summed E-state index contributed by atoms with van der Waals surface area (Å²) in [5, 5.41) is 9.39. The molecule has 240 valence electrons. The van der Waals surface area contributed by atoms with Crippen molar-refractivity contribution in [3.05, 3.63) is 111 Å². The van der Waals surface area contributed by atoms with Crippen LogP contribution in [0.15, 0.2) is 94.2 Å². The molecule has 3 aromatic rings. The first-order valence-electron chi connectivity index (χ1n) is 14.4. The number of carbonyl (C=O) groups is 3. The number of hydrogen-bond donors (Lipinski definition) is 3. The number of hydrogen-bond acceptors (Lipinski definition) is 8. The number of amides is 3. The first kappa shape index (κ1) is 33.8. The number of benzene rings is 3. The number of methoxy groups -OCH3 is 1. The smallest absolute Gasteiger partial charge is 0.338 e. The lowest BCUT2D eigenvalue weighted by Gasteiger charge is -2.28. The topological polar surface area (TPSA) is 137 Å². The van der Waals surface area contributed by atoms with E-state index in [-0.39, 0.29) is 24.5 Å². The third kappa shape index (κ3) is 8.98. The number of carbonyl (C=O) groups excluding carboxylic acids is 3. The molecule has 11 nitrogen and oxygen atoms in total. The quantitative estimate of drug-likeness (QED) is 0.0881. The molecule has 3 amide bonds. The van der Waals surface area contributed by atoms with Crippen LogP contribution in [0.2, 0.25) is 0 Å². The molecule has 0 bridgehead atoms. The van der Waals surface area contributed by atoms with Crippen molar-refractivity contribution in [3.8, 4) is 17.2 Å². The summed E-state index contributed by atoms with van der Waals surface area (Å²) in [4.78, 5) is 37.3. The molecule has 0 spiro atoms. The Morgan fingerprint density at radius 1 is 1.04 bits per heavy atom. The predicted molar refractivity (Wildman–Crippen MR) is 177 cm³/mol. The van der Waals surface area contributed by atoms with Crippen LogP contribution in [0.3, 0.4) is 0 Å². The minimum atomic E-state index is -0.771. The monoisotopic (exact) mass is 690 g/mol. The van der Waals surface area contributed by atoms with Gasteiger partial charge in [-0.15, -0.1) is 6.58 Å². The average molecular weight is 692 g/mol. The molecule has 1 atom stereocenters. The van der Waals surface area contributed by atoms with Gasteiger partial charge in [0.15, 0.2) is 18.1 Å². The van der Waals surface area contributed by atoms with E-state index in [1.54, 1.807) is 38.1 Å². The molecular weight excluding hydrogens is 656 g/mol. The molecule has 0 saturated carbocycles. The Labute approximate surface area is 275 Å². The Hall–Kier alpha value is -5.10. The summed E-state index contributed by atoms with van der Waals surface area (Å²) >= 11 is 3.44. The molecule has 0 radical (unpaired) electrons.